The maximum atomic E-state index is 5.98. The summed E-state index contributed by atoms with van der Waals surface area (Å²) in [6.07, 6.45) is 8.20. The number of benzene rings is 1. The molecule has 0 fully saturated rings. The highest BCUT2D eigenvalue weighted by Crippen LogP contribution is 2.22. The van der Waals surface area contributed by atoms with Gasteiger partial charge in [-0.15, -0.1) is 0 Å². The monoisotopic (exact) mass is 231 g/mol. The molecule has 0 radical (unpaired) electrons. The van der Waals surface area contributed by atoms with Gasteiger partial charge in [0.15, 0.2) is 0 Å². The van der Waals surface area contributed by atoms with E-state index < -0.39 is 0 Å². The number of rotatable bonds is 4. The Morgan fingerprint density at radius 3 is 3.00 bits per heavy atom. The van der Waals surface area contributed by atoms with Crippen LogP contribution < -0.4 is 10.1 Å². The first-order valence-corrected chi connectivity index (χ1v) is 6.40. The molecule has 2 unspecified atom stereocenters. The zero-order valence-corrected chi connectivity index (χ0v) is 10.6. The molecule has 2 nitrogen and oxygen atoms in total. The number of hydrogen-bond donors (Lipinski definition) is 1. The maximum Gasteiger partial charge on any atom is 0.120 e. The van der Waals surface area contributed by atoms with E-state index in [9.17, 15) is 0 Å². The molecule has 0 spiro atoms. The summed E-state index contributed by atoms with van der Waals surface area (Å²) >= 11 is 0. The minimum Gasteiger partial charge on any atom is -0.486 e. The minimum absolute atomic E-state index is 0.254. The Balaban J connectivity index is 2.05. The molecule has 1 aliphatic rings. The fraction of sp³-hybridized carbons (Fsp3) is 0.467. The van der Waals surface area contributed by atoms with Crippen molar-refractivity contribution in [3.8, 4) is 5.75 Å². The molecule has 2 heteroatoms. The van der Waals surface area contributed by atoms with Gasteiger partial charge in [0.05, 0.1) is 0 Å². The van der Waals surface area contributed by atoms with Crippen molar-refractivity contribution in [2.24, 2.45) is 0 Å². The Kier molecular flexibility index (Phi) is 4.21. The fourth-order valence-corrected chi connectivity index (χ4v) is 2.08. The third-order valence-electron chi connectivity index (χ3n) is 3.29. The third kappa shape index (κ3) is 3.34. The van der Waals surface area contributed by atoms with Crippen molar-refractivity contribution < 1.29 is 4.74 Å². The van der Waals surface area contributed by atoms with E-state index in [4.69, 9.17) is 4.74 Å². The van der Waals surface area contributed by atoms with E-state index in [-0.39, 0.29) is 6.10 Å². The Morgan fingerprint density at radius 1 is 1.41 bits per heavy atom. The fourth-order valence-electron chi connectivity index (χ4n) is 2.08. The highest BCUT2D eigenvalue weighted by atomic mass is 16.5. The molecule has 17 heavy (non-hydrogen) atoms. The lowest BCUT2D eigenvalue weighted by Crippen LogP contribution is -2.16. The largest absolute Gasteiger partial charge is 0.486 e. The van der Waals surface area contributed by atoms with E-state index in [2.05, 4.69) is 42.6 Å². The highest BCUT2D eigenvalue weighted by molar-refractivity contribution is 5.30. The van der Waals surface area contributed by atoms with Gasteiger partial charge in [-0.25, -0.2) is 0 Å². The van der Waals surface area contributed by atoms with Gasteiger partial charge in [-0.1, -0.05) is 18.2 Å². The lowest BCUT2D eigenvalue weighted by Gasteiger charge is -2.19. The van der Waals surface area contributed by atoms with Crippen LogP contribution in [0.2, 0.25) is 0 Å². The summed E-state index contributed by atoms with van der Waals surface area (Å²) in [7, 11) is 1.97. The van der Waals surface area contributed by atoms with Crippen LogP contribution in [0.25, 0.3) is 0 Å². The van der Waals surface area contributed by atoms with Crippen LogP contribution in [-0.2, 0) is 0 Å². The van der Waals surface area contributed by atoms with E-state index in [0.717, 1.165) is 12.2 Å². The summed E-state index contributed by atoms with van der Waals surface area (Å²) in [6, 6.07) is 8.72. The second-order valence-corrected chi connectivity index (χ2v) is 4.60. The second-order valence-electron chi connectivity index (χ2n) is 4.60. The van der Waals surface area contributed by atoms with Crippen LogP contribution in [0.5, 0.6) is 5.75 Å². The Bertz CT molecular complexity index is 386. The van der Waals surface area contributed by atoms with Crippen molar-refractivity contribution in [3.05, 3.63) is 42.0 Å². The van der Waals surface area contributed by atoms with Gasteiger partial charge in [-0.3, -0.25) is 0 Å². The van der Waals surface area contributed by atoms with Crippen molar-refractivity contribution in [2.45, 2.75) is 38.3 Å². The smallest absolute Gasteiger partial charge is 0.120 e. The average molecular weight is 231 g/mol. The van der Waals surface area contributed by atoms with Crippen LogP contribution in [-0.4, -0.2) is 13.2 Å². The standard InChI is InChI=1S/C15H21NO/c1-12(16-2)13-7-6-10-15(11-13)17-14-8-4-3-5-9-14/h4,6-8,10-12,14,16H,3,5,9H2,1-2H3. The molecular weight excluding hydrogens is 210 g/mol. The van der Waals surface area contributed by atoms with Crippen LogP contribution in [0.1, 0.15) is 37.8 Å². The van der Waals surface area contributed by atoms with E-state index >= 15 is 0 Å². The van der Waals surface area contributed by atoms with Crippen molar-refractivity contribution in [1.29, 1.82) is 0 Å². The molecule has 2 atom stereocenters. The third-order valence-corrected chi connectivity index (χ3v) is 3.29. The number of hydrogen-bond acceptors (Lipinski definition) is 2. The molecule has 1 aromatic rings. The van der Waals surface area contributed by atoms with Crippen molar-refractivity contribution in [1.82, 2.24) is 5.32 Å². The zero-order valence-electron chi connectivity index (χ0n) is 10.6. The Morgan fingerprint density at radius 2 is 2.29 bits per heavy atom. The van der Waals surface area contributed by atoms with Crippen molar-refractivity contribution in [3.63, 3.8) is 0 Å². The molecular formula is C15H21NO. The lowest BCUT2D eigenvalue weighted by atomic mass is 10.1. The molecule has 1 aromatic carbocycles. The molecule has 0 amide bonds. The van der Waals surface area contributed by atoms with E-state index in [0.29, 0.717) is 6.04 Å². The number of ether oxygens (including phenoxy) is 1. The Labute approximate surface area is 104 Å². The van der Waals surface area contributed by atoms with Gasteiger partial charge in [0, 0.05) is 6.04 Å². The van der Waals surface area contributed by atoms with Gasteiger partial charge >= 0.3 is 0 Å². The molecule has 1 aliphatic carbocycles. The molecule has 2 rings (SSSR count). The minimum atomic E-state index is 0.254. The summed E-state index contributed by atoms with van der Waals surface area (Å²) in [6.45, 7) is 2.15. The molecule has 1 N–H and O–H groups in total. The van der Waals surface area contributed by atoms with Crippen LogP contribution in [0.4, 0.5) is 0 Å². The topological polar surface area (TPSA) is 21.3 Å². The van der Waals surface area contributed by atoms with Gasteiger partial charge in [0.2, 0.25) is 0 Å². The predicted molar refractivity (Wildman–Crippen MR) is 71.3 cm³/mol. The first-order valence-electron chi connectivity index (χ1n) is 6.40. The number of allylic oxidation sites excluding steroid dienone is 1. The van der Waals surface area contributed by atoms with Crippen LogP contribution in [0.15, 0.2) is 36.4 Å². The SMILES string of the molecule is CNC(C)c1cccc(OC2C=CCCC2)c1. The van der Waals surface area contributed by atoms with Crippen LogP contribution in [0.3, 0.4) is 0 Å². The molecule has 0 aliphatic heterocycles. The lowest BCUT2D eigenvalue weighted by molar-refractivity contribution is 0.229. The van der Waals surface area contributed by atoms with Crippen molar-refractivity contribution >= 4 is 0 Å². The van der Waals surface area contributed by atoms with Crippen LogP contribution >= 0.6 is 0 Å². The normalized spacial score (nSPS) is 21.2. The van der Waals surface area contributed by atoms with E-state index in [1.165, 1.54) is 18.4 Å². The first-order chi connectivity index (χ1) is 8.29. The van der Waals surface area contributed by atoms with Gasteiger partial charge in [-0.05, 0) is 57.0 Å². The first kappa shape index (κ1) is 12.2. The molecule has 0 heterocycles. The zero-order chi connectivity index (χ0) is 12.1. The molecule has 0 aromatic heterocycles. The van der Waals surface area contributed by atoms with E-state index in [1.807, 2.05) is 13.1 Å². The Hall–Kier alpha value is -1.28. The van der Waals surface area contributed by atoms with Crippen LogP contribution in [0, 0.1) is 0 Å². The summed E-state index contributed by atoms with van der Waals surface area (Å²) in [5.74, 6) is 0.973. The summed E-state index contributed by atoms with van der Waals surface area (Å²) < 4.78 is 5.98. The van der Waals surface area contributed by atoms with Gasteiger partial charge in [-0.2, -0.15) is 0 Å². The summed E-state index contributed by atoms with van der Waals surface area (Å²) in [5, 5.41) is 3.24. The highest BCUT2D eigenvalue weighted by Gasteiger charge is 2.10. The average Bonchev–Trinajstić information content (AvgIpc) is 2.39. The quantitative estimate of drug-likeness (QED) is 0.801. The van der Waals surface area contributed by atoms with Gasteiger partial charge in [0.1, 0.15) is 11.9 Å². The van der Waals surface area contributed by atoms with Gasteiger partial charge in [0.25, 0.3) is 0 Å². The maximum absolute atomic E-state index is 5.98. The predicted octanol–water partition coefficient (Wildman–Crippen LogP) is 3.45. The molecule has 0 saturated carbocycles. The summed E-state index contributed by atoms with van der Waals surface area (Å²) in [4.78, 5) is 0. The molecule has 0 saturated heterocycles. The molecule has 0 bridgehead atoms. The molecule has 92 valence electrons. The van der Waals surface area contributed by atoms with E-state index in [1.54, 1.807) is 0 Å². The van der Waals surface area contributed by atoms with Gasteiger partial charge < -0.3 is 10.1 Å². The number of nitrogens with one attached hydrogen (secondary N) is 1. The van der Waals surface area contributed by atoms with Crippen molar-refractivity contribution in [2.75, 3.05) is 7.05 Å². The second kappa shape index (κ2) is 5.87. The summed E-state index contributed by atoms with van der Waals surface area (Å²) in [5.41, 5.74) is 1.27.